The standard InChI is InChI=1S/C18H23N3O2/c1-12(2)17-14-7-5-6-13(14)15(10-19)18(20-17)23-11-16(22)21-8-3-4-9-21/h12H,3-9,11H2,1-2H3. The fourth-order valence-electron chi connectivity index (χ4n) is 3.55. The fraction of sp³-hybridized carbons (Fsp3) is 0.611. The molecular weight excluding hydrogens is 290 g/mol. The number of amides is 1. The molecule has 122 valence electrons. The molecule has 1 fully saturated rings. The Morgan fingerprint density at radius 2 is 1.96 bits per heavy atom. The molecule has 0 aromatic carbocycles. The van der Waals surface area contributed by atoms with E-state index in [4.69, 9.17) is 4.74 Å². The highest BCUT2D eigenvalue weighted by atomic mass is 16.5. The van der Waals surface area contributed by atoms with Gasteiger partial charge >= 0.3 is 0 Å². The number of likely N-dealkylation sites (tertiary alicyclic amines) is 1. The summed E-state index contributed by atoms with van der Waals surface area (Å²) in [4.78, 5) is 18.6. The quantitative estimate of drug-likeness (QED) is 0.857. The molecule has 0 atom stereocenters. The number of ether oxygens (including phenoxy) is 1. The smallest absolute Gasteiger partial charge is 0.260 e. The van der Waals surface area contributed by atoms with Gasteiger partial charge in [0, 0.05) is 13.1 Å². The van der Waals surface area contributed by atoms with Gasteiger partial charge in [0.05, 0.1) is 5.69 Å². The number of carbonyl (C=O) groups is 1. The largest absolute Gasteiger partial charge is 0.467 e. The van der Waals surface area contributed by atoms with Crippen LogP contribution in [0, 0.1) is 11.3 Å². The first kappa shape index (κ1) is 15.8. The number of nitrogens with zero attached hydrogens (tertiary/aromatic N) is 3. The molecule has 23 heavy (non-hydrogen) atoms. The van der Waals surface area contributed by atoms with Crippen LogP contribution in [-0.4, -0.2) is 35.5 Å². The molecule has 2 heterocycles. The van der Waals surface area contributed by atoms with E-state index < -0.39 is 0 Å². The molecule has 0 saturated carbocycles. The molecule has 1 aliphatic heterocycles. The summed E-state index contributed by atoms with van der Waals surface area (Å²) in [5.74, 6) is 0.607. The predicted octanol–water partition coefficient (Wildman–Crippen LogP) is 2.57. The van der Waals surface area contributed by atoms with Crippen LogP contribution >= 0.6 is 0 Å². The summed E-state index contributed by atoms with van der Waals surface area (Å²) in [6.45, 7) is 5.79. The zero-order valence-corrected chi connectivity index (χ0v) is 13.9. The number of hydrogen-bond donors (Lipinski definition) is 0. The van der Waals surface area contributed by atoms with Gasteiger partial charge in [0.2, 0.25) is 5.88 Å². The molecule has 1 aromatic rings. The van der Waals surface area contributed by atoms with Crippen molar-refractivity contribution in [3.8, 4) is 11.9 Å². The summed E-state index contributed by atoms with van der Waals surface area (Å²) >= 11 is 0. The van der Waals surface area contributed by atoms with E-state index in [1.807, 2.05) is 4.90 Å². The Morgan fingerprint density at radius 1 is 1.26 bits per heavy atom. The van der Waals surface area contributed by atoms with E-state index in [2.05, 4.69) is 24.9 Å². The second-order valence-corrected chi connectivity index (χ2v) is 6.63. The highest BCUT2D eigenvalue weighted by Gasteiger charge is 2.26. The monoisotopic (exact) mass is 313 g/mol. The first-order chi connectivity index (χ1) is 11.1. The van der Waals surface area contributed by atoms with Gasteiger partial charge in [-0.2, -0.15) is 5.26 Å². The predicted molar refractivity (Wildman–Crippen MR) is 86.4 cm³/mol. The maximum atomic E-state index is 12.2. The minimum Gasteiger partial charge on any atom is -0.467 e. The first-order valence-corrected chi connectivity index (χ1v) is 8.48. The Labute approximate surface area is 137 Å². The van der Waals surface area contributed by atoms with Crippen molar-refractivity contribution in [2.24, 2.45) is 0 Å². The van der Waals surface area contributed by atoms with Crippen LogP contribution in [0.4, 0.5) is 0 Å². The van der Waals surface area contributed by atoms with Crippen LogP contribution in [0.5, 0.6) is 5.88 Å². The lowest BCUT2D eigenvalue weighted by molar-refractivity contribution is -0.132. The minimum absolute atomic E-state index is 0.0141. The van der Waals surface area contributed by atoms with E-state index in [9.17, 15) is 10.1 Å². The van der Waals surface area contributed by atoms with E-state index in [1.165, 1.54) is 5.56 Å². The SMILES string of the molecule is CC(C)c1nc(OCC(=O)N2CCCC2)c(C#N)c2c1CCC2. The maximum absolute atomic E-state index is 12.2. The molecule has 1 aliphatic carbocycles. The number of hydrogen-bond acceptors (Lipinski definition) is 4. The Morgan fingerprint density at radius 3 is 2.61 bits per heavy atom. The van der Waals surface area contributed by atoms with Gasteiger partial charge in [0.15, 0.2) is 6.61 Å². The second-order valence-electron chi connectivity index (χ2n) is 6.63. The van der Waals surface area contributed by atoms with Crippen molar-refractivity contribution >= 4 is 5.91 Å². The number of fused-ring (bicyclic) bond motifs is 1. The van der Waals surface area contributed by atoms with Crippen molar-refractivity contribution in [1.82, 2.24) is 9.88 Å². The molecule has 1 saturated heterocycles. The van der Waals surface area contributed by atoms with Crippen LogP contribution in [0.3, 0.4) is 0 Å². The lowest BCUT2D eigenvalue weighted by Crippen LogP contribution is -2.32. The third-order valence-corrected chi connectivity index (χ3v) is 4.71. The van der Waals surface area contributed by atoms with E-state index in [-0.39, 0.29) is 18.4 Å². The topological polar surface area (TPSA) is 66.2 Å². The number of nitriles is 1. The Bertz CT molecular complexity index is 655. The van der Waals surface area contributed by atoms with Crippen molar-refractivity contribution in [2.45, 2.75) is 51.9 Å². The van der Waals surface area contributed by atoms with Crippen LogP contribution in [-0.2, 0) is 17.6 Å². The van der Waals surface area contributed by atoms with Crippen LogP contribution in [0.15, 0.2) is 0 Å². The van der Waals surface area contributed by atoms with Gasteiger partial charge < -0.3 is 9.64 Å². The van der Waals surface area contributed by atoms with Gasteiger partial charge in [-0.3, -0.25) is 4.79 Å². The molecule has 5 nitrogen and oxygen atoms in total. The van der Waals surface area contributed by atoms with Crippen molar-refractivity contribution < 1.29 is 9.53 Å². The van der Waals surface area contributed by atoms with Gasteiger partial charge in [0.25, 0.3) is 5.91 Å². The lowest BCUT2D eigenvalue weighted by Gasteiger charge is -2.18. The molecule has 5 heteroatoms. The molecule has 2 aliphatic rings. The van der Waals surface area contributed by atoms with Crippen molar-refractivity contribution in [2.75, 3.05) is 19.7 Å². The average molecular weight is 313 g/mol. The van der Waals surface area contributed by atoms with E-state index in [1.54, 1.807) is 0 Å². The molecule has 1 amide bonds. The van der Waals surface area contributed by atoms with E-state index >= 15 is 0 Å². The molecule has 0 radical (unpaired) electrons. The summed E-state index contributed by atoms with van der Waals surface area (Å²) < 4.78 is 5.69. The van der Waals surface area contributed by atoms with Crippen molar-refractivity contribution in [3.63, 3.8) is 0 Å². The van der Waals surface area contributed by atoms with E-state index in [0.717, 1.165) is 56.5 Å². The van der Waals surface area contributed by atoms with Gasteiger partial charge in [-0.05, 0) is 49.1 Å². The molecule has 0 unspecified atom stereocenters. The van der Waals surface area contributed by atoms with Crippen LogP contribution < -0.4 is 4.74 Å². The Hall–Kier alpha value is -2.09. The van der Waals surface area contributed by atoms with E-state index in [0.29, 0.717) is 11.4 Å². The third-order valence-electron chi connectivity index (χ3n) is 4.71. The Balaban J connectivity index is 1.85. The van der Waals surface area contributed by atoms with Gasteiger partial charge in [0.1, 0.15) is 11.6 Å². The molecule has 1 aromatic heterocycles. The second kappa shape index (κ2) is 6.57. The van der Waals surface area contributed by atoms with Gasteiger partial charge in [-0.1, -0.05) is 13.8 Å². The molecular formula is C18H23N3O2. The number of carbonyl (C=O) groups excluding carboxylic acids is 1. The molecule has 0 N–H and O–H groups in total. The lowest BCUT2D eigenvalue weighted by atomic mass is 9.98. The Kier molecular flexibility index (Phi) is 4.51. The summed E-state index contributed by atoms with van der Waals surface area (Å²) in [6, 6.07) is 2.24. The molecule has 0 spiro atoms. The minimum atomic E-state index is -0.0298. The average Bonchev–Trinajstić information content (AvgIpc) is 3.22. The molecule has 3 rings (SSSR count). The highest BCUT2D eigenvalue weighted by Crippen LogP contribution is 2.35. The maximum Gasteiger partial charge on any atom is 0.260 e. The first-order valence-electron chi connectivity index (χ1n) is 8.48. The normalized spacial score (nSPS) is 16.5. The van der Waals surface area contributed by atoms with Gasteiger partial charge in [-0.15, -0.1) is 0 Å². The summed E-state index contributed by atoms with van der Waals surface area (Å²) in [5.41, 5.74) is 3.83. The molecule has 0 bridgehead atoms. The summed E-state index contributed by atoms with van der Waals surface area (Å²) in [7, 11) is 0. The number of pyridine rings is 1. The van der Waals surface area contributed by atoms with Crippen LogP contribution in [0.2, 0.25) is 0 Å². The zero-order valence-electron chi connectivity index (χ0n) is 13.9. The van der Waals surface area contributed by atoms with Crippen molar-refractivity contribution in [1.29, 1.82) is 5.26 Å². The summed E-state index contributed by atoms with van der Waals surface area (Å²) in [6.07, 6.45) is 5.06. The zero-order chi connectivity index (χ0) is 16.4. The summed E-state index contributed by atoms with van der Waals surface area (Å²) in [5, 5.41) is 9.52. The number of aromatic nitrogens is 1. The fourth-order valence-corrected chi connectivity index (χ4v) is 3.55. The van der Waals surface area contributed by atoms with Crippen LogP contribution in [0.1, 0.15) is 61.4 Å². The van der Waals surface area contributed by atoms with Crippen molar-refractivity contribution in [3.05, 3.63) is 22.4 Å². The number of rotatable bonds is 4. The van der Waals surface area contributed by atoms with Crippen LogP contribution in [0.25, 0.3) is 0 Å². The highest BCUT2D eigenvalue weighted by molar-refractivity contribution is 5.78. The third kappa shape index (κ3) is 3.03. The van der Waals surface area contributed by atoms with Gasteiger partial charge in [-0.25, -0.2) is 4.98 Å².